The van der Waals surface area contributed by atoms with Crippen LogP contribution >= 0.6 is 0 Å². The number of carbonyl (C=O) groups excluding carboxylic acids is 2. The molecule has 1 atom stereocenters. The van der Waals surface area contributed by atoms with E-state index in [1.807, 2.05) is 61.5 Å². The van der Waals surface area contributed by atoms with Crippen molar-refractivity contribution in [2.24, 2.45) is 5.92 Å². The zero-order valence-corrected chi connectivity index (χ0v) is 15.9. The molecule has 0 spiro atoms. The standard InChI is InChI=1S/C22H26N2O3/c1-17-8-10-18(11-9-17)15-24-16-19(14-21(24)25)22(26)23(2)12-13-27-20-6-4-3-5-7-20/h3-11,19H,12-16H2,1-2H3. The van der Waals surface area contributed by atoms with Crippen LogP contribution in [0.1, 0.15) is 17.5 Å². The topological polar surface area (TPSA) is 49.9 Å². The van der Waals surface area contributed by atoms with Crippen molar-refractivity contribution >= 4 is 11.8 Å². The lowest BCUT2D eigenvalue weighted by atomic mass is 10.1. The second kappa shape index (κ2) is 8.71. The molecule has 1 fully saturated rings. The minimum atomic E-state index is -0.273. The third-order valence-electron chi connectivity index (χ3n) is 4.87. The van der Waals surface area contributed by atoms with Gasteiger partial charge in [0.2, 0.25) is 11.8 Å². The van der Waals surface area contributed by atoms with Gasteiger partial charge in [-0.3, -0.25) is 9.59 Å². The van der Waals surface area contributed by atoms with Gasteiger partial charge in [-0.25, -0.2) is 0 Å². The molecule has 1 heterocycles. The van der Waals surface area contributed by atoms with Crippen molar-refractivity contribution in [1.29, 1.82) is 0 Å². The second-order valence-electron chi connectivity index (χ2n) is 7.08. The van der Waals surface area contributed by atoms with Crippen LogP contribution in [0.5, 0.6) is 5.75 Å². The summed E-state index contributed by atoms with van der Waals surface area (Å²) in [6.45, 7) is 4.01. The molecule has 1 aliphatic heterocycles. The van der Waals surface area contributed by atoms with E-state index in [1.165, 1.54) is 5.56 Å². The summed E-state index contributed by atoms with van der Waals surface area (Å²) < 4.78 is 5.65. The molecular weight excluding hydrogens is 340 g/mol. The van der Waals surface area contributed by atoms with Gasteiger partial charge in [-0.15, -0.1) is 0 Å². The van der Waals surface area contributed by atoms with E-state index >= 15 is 0 Å². The van der Waals surface area contributed by atoms with Crippen LogP contribution in [0.2, 0.25) is 0 Å². The van der Waals surface area contributed by atoms with Crippen molar-refractivity contribution in [3.8, 4) is 5.75 Å². The molecule has 0 aliphatic carbocycles. The molecule has 5 heteroatoms. The zero-order valence-electron chi connectivity index (χ0n) is 15.9. The van der Waals surface area contributed by atoms with Crippen LogP contribution < -0.4 is 4.74 Å². The molecule has 2 aromatic carbocycles. The number of likely N-dealkylation sites (tertiary alicyclic amines) is 1. The predicted octanol–water partition coefficient (Wildman–Crippen LogP) is 2.88. The van der Waals surface area contributed by atoms with Crippen LogP contribution in [0.3, 0.4) is 0 Å². The molecule has 1 aliphatic rings. The summed E-state index contributed by atoms with van der Waals surface area (Å²) >= 11 is 0. The van der Waals surface area contributed by atoms with Gasteiger partial charge in [0.15, 0.2) is 0 Å². The van der Waals surface area contributed by atoms with Gasteiger partial charge in [0.1, 0.15) is 12.4 Å². The number of benzene rings is 2. The number of likely N-dealkylation sites (N-methyl/N-ethyl adjacent to an activating group) is 1. The fraction of sp³-hybridized carbons (Fsp3) is 0.364. The number of amides is 2. The summed E-state index contributed by atoms with van der Waals surface area (Å²) in [6.07, 6.45) is 0.286. The molecule has 2 aromatic rings. The van der Waals surface area contributed by atoms with E-state index in [0.29, 0.717) is 26.2 Å². The quantitative estimate of drug-likeness (QED) is 0.757. The maximum absolute atomic E-state index is 12.7. The SMILES string of the molecule is Cc1ccc(CN2CC(C(=O)N(C)CCOc3ccccc3)CC2=O)cc1. The summed E-state index contributed by atoms with van der Waals surface area (Å²) in [5.41, 5.74) is 2.28. The molecule has 0 bridgehead atoms. The van der Waals surface area contributed by atoms with Gasteiger partial charge in [-0.05, 0) is 24.6 Å². The Bertz CT molecular complexity index is 774. The molecule has 0 aromatic heterocycles. The molecule has 3 rings (SSSR count). The van der Waals surface area contributed by atoms with E-state index in [2.05, 4.69) is 0 Å². The molecule has 1 unspecified atom stereocenters. The molecular formula is C22H26N2O3. The first-order chi connectivity index (χ1) is 13.0. The third kappa shape index (κ3) is 5.09. The van der Waals surface area contributed by atoms with Crippen molar-refractivity contribution < 1.29 is 14.3 Å². The highest BCUT2D eigenvalue weighted by molar-refractivity contribution is 5.89. The van der Waals surface area contributed by atoms with Crippen molar-refractivity contribution in [2.75, 3.05) is 26.7 Å². The maximum Gasteiger partial charge on any atom is 0.227 e. The minimum Gasteiger partial charge on any atom is -0.492 e. The monoisotopic (exact) mass is 366 g/mol. The second-order valence-corrected chi connectivity index (χ2v) is 7.08. The Morgan fingerprint density at radius 2 is 1.85 bits per heavy atom. The van der Waals surface area contributed by atoms with E-state index in [9.17, 15) is 9.59 Å². The predicted molar refractivity (Wildman–Crippen MR) is 104 cm³/mol. The summed E-state index contributed by atoms with van der Waals surface area (Å²) in [5, 5.41) is 0. The number of hydrogen-bond donors (Lipinski definition) is 0. The van der Waals surface area contributed by atoms with Crippen molar-refractivity contribution in [3.05, 3.63) is 65.7 Å². The first-order valence-electron chi connectivity index (χ1n) is 9.29. The number of para-hydroxylation sites is 1. The Kier molecular flexibility index (Phi) is 6.12. The van der Waals surface area contributed by atoms with Crippen LogP contribution in [0.25, 0.3) is 0 Å². The smallest absolute Gasteiger partial charge is 0.227 e. The van der Waals surface area contributed by atoms with Gasteiger partial charge in [-0.2, -0.15) is 0 Å². The van der Waals surface area contributed by atoms with Crippen LogP contribution in [-0.4, -0.2) is 48.4 Å². The Morgan fingerprint density at radius 1 is 1.15 bits per heavy atom. The van der Waals surface area contributed by atoms with Crippen LogP contribution in [-0.2, 0) is 16.1 Å². The minimum absolute atomic E-state index is 0.00594. The highest BCUT2D eigenvalue weighted by atomic mass is 16.5. The van der Waals surface area contributed by atoms with Crippen LogP contribution in [0, 0.1) is 12.8 Å². The molecule has 27 heavy (non-hydrogen) atoms. The summed E-state index contributed by atoms with van der Waals surface area (Å²) in [6, 6.07) is 17.7. The summed E-state index contributed by atoms with van der Waals surface area (Å²) in [7, 11) is 1.77. The van der Waals surface area contributed by atoms with Gasteiger partial charge in [0.25, 0.3) is 0 Å². The average molecular weight is 366 g/mol. The fourth-order valence-corrected chi connectivity index (χ4v) is 3.24. The van der Waals surface area contributed by atoms with Gasteiger partial charge in [0, 0.05) is 26.6 Å². The Balaban J connectivity index is 1.48. The largest absolute Gasteiger partial charge is 0.492 e. The molecule has 2 amide bonds. The number of rotatable bonds is 7. The number of aryl methyl sites for hydroxylation is 1. The van der Waals surface area contributed by atoms with E-state index in [4.69, 9.17) is 4.74 Å². The maximum atomic E-state index is 12.7. The number of hydrogen-bond acceptors (Lipinski definition) is 3. The lowest BCUT2D eigenvalue weighted by Crippen LogP contribution is -2.37. The highest BCUT2D eigenvalue weighted by Crippen LogP contribution is 2.22. The molecule has 0 N–H and O–H groups in total. The summed E-state index contributed by atoms with van der Waals surface area (Å²) in [5.74, 6) is 0.567. The number of ether oxygens (including phenoxy) is 1. The van der Waals surface area contributed by atoms with Crippen molar-refractivity contribution in [1.82, 2.24) is 9.80 Å². The lowest BCUT2D eigenvalue weighted by molar-refractivity contribution is -0.134. The average Bonchev–Trinajstić information content (AvgIpc) is 3.04. The number of nitrogens with zero attached hydrogens (tertiary/aromatic N) is 2. The first-order valence-corrected chi connectivity index (χ1v) is 9.29. The number of carbonyl (C=O) groups is 2. The lowest BCUT2D eigenvalue weighted by Gasteiger charge is -2.21. The van der Waals surface area contributed by atoms with Gasteiger partial charge in [-0.1, -0.05) is 48.0 Å². The van der Waals surface area contributed by atoms with Gasteiger partial charge in [0.05, 0.1) is 12.5 Å². The fourth-order valence-electron chi connectivity index (χ4n) is 3.24. The normalized spacial score (nSPS) is 16.4. The molecule has 1 saturated heterocycles. The molecule has 0 radical (unpaired) electrons. The van der Waals surface area contributed by atoms with Crippen LogP contribution in [0.4, 0.5) is 0 Å². The van der Waals surface area contributed by atoms with Crippen LogP contribution in [0.15, 0.2) is 54.6 Å². The van der Waals surface area contributed by atoms with E-state index in [1.54, 1.807) is 16.8 Å². The molecule has 0 saturated carbocycles. The third-order valence-corrected chi connectivity index (χ3v) is 4.87. The van der Waals surface area contributed by atoms with E-state index < -0.39 is 0 Å². The molecule has 5 nitrogen and oxygen atoms in total. The zero-order chi connectivity index (χ0) is 19.2. The van der Waals surface area contributed by atoms with E-state index in [0.717, 1.165) is 11.3 Å². The Labute approximate surface area is 160 Å². The highest BCUT2D eigenvalue weighted by Gasteiger charge is 2.35. The Morgan fingerprint density at radius 3 is 2.56 bits per heavy atom. The van der Waals surface area contributed by atoms with Gasteiger partial charge < -0.3 is 14.5 Å². The Hall–Kier alpha value is -2.82. The van der Waals surface area contributed by atoms with E-state index in [-0.39, 0.29) is 24.2 Å². The van der Waals surface area contributed by atoms with Crippen molar-refractivity contribution in [3.63, 3.8) is 0 Å². The summed E-state index contributed by atoms with van der Waals surface area (Å²) in [4.78, 5) is 28.4. The van der Waals surface area contributed by atoms with Gasteiger partial charge >= 0.3 is 0 Å². The van der Waals surface area contributed by atoms with Crippen molar-refractivity contribution in [2.45, 2.75) is 19.9 Å². The first kappa shape index (κ1) is 19.0. The molecule has 142 valence electrons.